The first-order valence-electron chi connectivity index (χ1n) is 6.34. The number of nitrogens with two attached hydrogens (primary N) is 1. The minimum atomic E-state index is -3.56. The van der Waals surface area contributed by atoms with Crippen molar-refractivity contribution in [1.82, 2.24) is 14.5 Å². The van der Waals surface area contributed by atoms with Gasteiger partial charge >= 0.3 is 6.03 Å². The maximum Gasteiger partial charge on any atom is 0.317 e. The van der Waals surface area contributed by atoms with Crippen LogP contribution in [0.25, 0.3) is 0 Å². The standard InChI is InChI=1S/C11H14N4O3S3/c12-10(19)8-1-2-9(20-8)21(17,18)14-3-4-15-7(6-14)5-13-11(15)16/h1-2,7H,3-6H2,(H2,12,19)(H,13,16). The number of rotatable bonds is 3. The molecule has 1 unspecified atom stereocenters. The van der Waals surface area contributed by atoms with Crippen LogP contribution < -0.4 is 11.1 Å². The van der Waals surface area contributed by atoms with Crippen LogP contribution in [0.15, 0.2) is 16.3 Å². The number of carbonyl (C=O) groups excluding carboxylic acids is 1. The Balaban J connectivity index is 1.82. The predicted molar refractivity (Wildman–Crippen MR) is 82.9 cm³/mol. The van der Waals surface area contributed by atoms with Gasteiger partial charge in [-0.2, -0.15) is 4.31 Å². The van der Waals surface area contributed by atoms with Crippen molar-refractivity contribution in [2.24, 2.45) is 5.73 Å². The molecule has 21 heavy (non-hydrogen) atoms. The first-order valence-corrected chi connectivity index (χ1v) is 9.00. The number of piperazine rings is 1. The van der Waals surface area contributed by atoms with Crippen LogP contribution in [-0.2, 0) is 10.0 Å². The lowest BCUT2D eigenvalue weighted by molar-refractivity contribution is 0.164. The van der Waals surface area contributed by atoms with Crippen molar-refractivity contribution in [3.63, 3.8) is 0 Å². The molecule has 3 heterocycles. The Morgan fingerprint density at radius 2 is 2.19 bits per heavy atom. The molecule has 7 nitrogen and oxygen atoms in total. The molecule has 1 atom stereocenters. The number of thiocarbonyl (C=S) groups is 1. The van der Waals surface area contributed by atoms with Gasteiger partial charge in [0.15, 0.2) is 0 Å². The molecule has 2 amide bonds. The van der Waals surface area contributed by atoms with E-state index in [0.29, 0.717) is 31.1 Å². The first-order chi connectivity index (χ1) is 9.89. The van der Waals surface area contributed by atoms with Gasteiger partial charge in [0.2, 0.25) is 0 Å². The van der Waals surface area contributed by atoms with Crippen molar-refractivity contribution < 1.29 is 13.2 Å². The minimum Gasteiger partial charge on any atom is -0.389 e. The lowest BCUT2D eigenvalue weighted by atomic mass is 10.2. The molecule has 2 saturated heterocycles. The SMILES string of the molecule is NC(=S)c1ccc(S(=O)(=O)N2CCN3C(=O)NCC3C2)s1. The van der Waals surface area contributed by atoms with Gasteiger partial charge in [0.05, 0.1) is 10.9 Å². The Morgan fingerprint density at radius 1 is 1.43 bits per heavy atom. The molecule has 2 aliphatic rings. The van der Waals surface area contributed by atoms with Crippen LogP contribution in [0.3, 0.4) is 0 Å². The zero-order valence-corrected chi connectivity index (χ0v) is 13.4. The quantitative estimate of drug-likeness (QED) is 0.738. The zero-order valence-electron chi connectivity index (χ0n) is 11.0. The third-order valence-corrected chi connectivity index (χ3v) is 7.41. The predicted octanol–water partition coefficient (Wildman–Crippen LogP) is -0.220. The van der Waals surface area contributed by atoms with Crippen LogP contribution in [0.1, 0.15) is 4.88 Å². The Morgan fingerprint density at radius 3 is 2.86 bits per heavy atom. The highest BCUT2D eigenvalue weighted by molar-refractivity contribution is 7.91. The number of urea groups is 1. The second kappa shape index (κ2) is 5.20. The van der Waals surface area contributed by atoms with Crippen molar-refractivity contribution in [3.8, 4) is 0 Å². The summed E-state index contributed by atoms with van der Waals surface area (Å²) in [6.07, 6.45) is 0. The van der Waals surface area contributed by atoms with E-state index >= 15 is 0 Å². The minimum absolute atomic E-state index is 0.101. The number of sulfonamides is 1. The molecule has 0 aliphatic carbocycles. The van der Waals surface area contributed by atoms with Crippen molar-refractivity contribution in [1.29, 1.82) is 0 Å². The summed E-state index contributed by atoms with van der Waals surface area (Å²) in [5.41, 5.74) is 5.52. The number of hydrogen-bond acceptors (Lipinski definition) is 5. The lowest BCUT2D eigenvalue weighted by Crippen LogP contribution is -2.53. The van der Waals surface area contributed by atoms with E-state index in [9.17, 15) is 13.2 Å². The van der Waals surface area contributed by atoms with Crippen LogP contribution in [-0.4, -0.2) is 60.9 Å². The fourth-order valence-corrected chi connectivity index (χ4v) is 5.49. The van der Waals surface area contributed by atoms with Crippen molar-refractivity contribution in [2.75, 3.05) is 26.2 Å². The van der Waals surface area contributed by atoms with E-state index in [0.717, 1.165) is 11.3 Å². The van der Waals surface area contributed by atoms with Gasteiger partial charge < -0.3 is 16.0 Å². The van der Waals surface area contributed by atoms with Crippen LogP contribution in [0.4, 0.5) is 4.79 Å². The third-order valence-electron chi connectivity index (χ3n) is 3.61. The van der Waals surface area contributed by atoms with Gasteiger partial charge in [-0.15, -0.1) is 11.3 Å². The normalized spacial score (nSPS) is 23.0. The average Bonchev–Trinajstić information content (AvgIpc) is 3.06. The maximum atomic E-state index is 12.6. The number of carbonyl (C=O) groups is 1. The molecule has 2 aliphatic heterocycles. The van der Waals surface area contributed by atoms with Gasteiger partial charge in [0.1, 0.15) is 9.20 Å². The number of nitrogens with one attached hydrogen (secondary N) is 1. The first kappa shape index (κ1) is 14.7. The summed E-state index contributed by atoms with van der Waals surface area (Å²) >= 11 is 5.93. The van der Waals surface area contributed by atoms with E-state index in [2.05, 4.69) is 5.32 Å². The second-order valence-corrected chi connectivity index (χ2v) is 8.57. The van der Waals surface area contributed by atoms with Gasteiger partial charge in [-0.3, -0.25) is 0 Å². The molecule has 1 aromatic rings. The number of hydrogen-bond donors (Lipinski definition) is 2. The molecule has 2 fully saturated rings. The molecule has 0 radical (unpaired) electrons. The maximum absolute atomic E-state index is 12.6. The summed E-state index contributed by atoms with van der Waals surface area (Å²) in [7, 11) is -3.56. The van der Waals surface area contributed by atoms with Crippen molar-refractivity contribution in [2.45, 2.75) is 10.3 Å². The Labute approximate surface area is 131 Å². The smallest absolute Gasteiger partial charge is 0.317 e. The highest BCUT2D eigenvalue weighted by atomic mass is 32.2. The van der Waals surface area contributed by atoms with Crippen LogP contribution in [0, 0.1) is 0 Å². The molecule has 0 spiro atoms. The van der Waals surface area contributed by atoms with Gasteiger partial charge in [-0.25, -0.2) is 13.2 Å². The van der Waals surface area contributed by atoms with E-state index in [-0.39, 0.29) is 21.3 Å². The highest BCUT2D eigenvalue weighted by Gasteiger charge is 2.40. The summed E-state index contributed by atoms with van der Waals surface area (Å²) in [5, 5.41) is 2.73. The molecular weight excluding hydrogens is 332 g/mol. The summed E-state index contributed by atoms with van der Waals surface area (Å²) in [6.45, 7) is 1.49. The molecule has 0 aromatic carbocycles. The molecule has 10 heteroatoms. The van der Waals surface area contributed by atoms with E-state index in [1.165, 1.54) is 10.4 Å². The molecule has 0 bridgehead atoms. The van der Waals surface area contributed by atoms with Crippen molar-refractivity contribution in [3.05, 3.63) is 17.0 Å². The third kappa shape index (κ3) is 2.52. The van der Waals surface area contributed by atoms with Crippen LogP contribution in [0.5, 0.6) is 0 Å². The number of amides is 2. The summed E-state index contributed by atoms with van der Waals surface area (Å²) in [5.74, 6) is 0. The fourth-order valence-electron chi connectivity index (χ4n) is 2.51. The monoisotopic (exact) mass is 346 g/mol. The largest absolute Gasteiger partial charge is 0.389 e. The number of fused-ring (bicyclic) bond motifs is 1. The second-order valence-electron chi connectivity index (χ2n) is 4.88. The van der Waals surface area contributed by atoms with Crippen molar-refractivity contribution >= 4 is 44.6 Å². The van der Waals surface area contributed by atoms with Crippen LogP contribution in [0.2, 0.25) is 0 Å². The lowest BCUT2D eigenvalue weighted by Gasteiger charge is -2.35. The molecule has 114 valence electrons. The summed E-state index contributed by atoms with van der Waals surface area (Å²) in [6, 6.07) is 2.93. The highest BCUT2D eigenvalue weighted by Crippen LogP contribution is 2.27. The Hall–Kier alpha value is -1.23. The van der Waals surface area contributed by atoms with Gasteiger partial charge in [-0.05, 0) is 12.1 Å². The molecule has 3 rings (SSSR count). The zero-order chi connectivity index (χ0) is 15.2. The van der Waals surface area contributed by atoms with Gasteiger partial charge in [0.25, 0.3) is 10.0 Å². The molecular formula is C11H14N4O3S3. The molecule has 0 saturated carbocycles. The van der Waals surface area contributed by atoms with E-state index in [1.54, 1.807) is 11.0 Å². The fraction of sp³-hybridized carbons (Fsp3) is 0.455. The molecule has 1 aromatic heterocycles. The molecule has 3 N–H and O–H groups in total. The van der Waals surface area contributed by atoms with Crippen LogP contribution >= 0.6 is 23.6 Å². The topological polar surface area (TPSA) is 95.7 Å². The van der Waals surface area contributed by atoms with E-state index in [4.69, 9.17) is 18.0 Å². The van der Waals surface area contributed by atoms with Gasteiger partial charge in [-0.1, -0.05) is 12.2 Å². The number of nitrogens with zero attached hydrogens (tertiary/aromatic N) is 2. The number of thiophene rings is 1. The van der Waals surface area contributed by atoms with Gasteiger partial charge in [0, 0.05) is 26.2 Å². The van der Waals surface area contributed by atoms with E-state index < -0.39 is 10.0 Å². The summed E-state index contributed by atoms with van der Waals surface area (Å²) < 4.78 is 26.9. The summed E-state index contributed by atoms with van der Waals surface area (Å²) in [4.78, 5) is 14.0. The average molecular weight is 346 g/mol. The van der Waals surface area contributed by atoms with E-state index in [1.807, 2.05) is 0 Å². The Kier molecular flexibility index (Phi) is 3.64. The Bertz CT molecular complexity index is 699.